The van der Waals surface area contributed by atoms with Gasteiger partial charge >= 0.3 is 0 Å². The van der Waals surface area contributed by atoms with E-state index < -0.39 is 17.8 Å². The molecular weight excluding hydrogens is 435 g/mol. The van der Waals surface area contributed by atoms with Crippen LogP contribution in [0.3, 0.4) is 0 Å². The molecule has 3 aromatic rings. The fourth-order valence-electron chi connectivity index (χ4n) is 4.36. The molecule has 9 heteroatoms. The second-order valence-corrected chi connectivity index (χ2v) is 8.39. The third kappa shape index (κ3) is 3.27. The van der Waals surface area contributed by atoms with Crippen LogP contribution in [0.25, 0.3) is 22.5 Å². The first-order valence-corrected chi connectivity index (χ1v) is 10.5. The molecule has 2 aliphatic rings. The Morgan fingerprint density at radius 2 is 1.91 bits per heavy atom. The molecule has 3 amide bonds. The molecule has 1 N–H and O–H groups in total. The third-order valence-electron chi connectivity index (χ3n) is 5.92. The molecule has 3 heterocycles. The van der Waals surface area contributed by atoms with Gasteiger partial charge in [0.15, 0.2) is 0 Å². The number of hydrogen-bond donors (Lipinski definition) is 1. The number of nitrogens with one attached hydrogen (secondary N) is 1. The molecule has 0 aliphatic carbocycles. The Morgan fingerprint density at radius 3 is 2.66 bits per heavy atom. The van der Waals surface area contributed by atoms with Gasteiger partial charge in [0.05, 0.1) is 17.7 Å². The summed E-state index contributed by atoms with van der Waals surface area (Å²) in [5.74, 6) is -1.48. The third-order valence-corrected chi connectivity index (χ3v) is 6.16. The number of aryl methyl sites for hydroxylation is 1. The van der Waals surface area contributed by atoms with Crippen molar-refractivity contribution in [2.45, 2.75) is 25.4 Å². The summed E-state index contributed by atoms with van der Waals surface area (Å²) < 4.78 is 16.4. The van der Waals surface area contributed by atoms with E-state index in [-0.39, 0.29) is 24.8 Å². The van der Waals surface area contributed by atoms with Crippen LogP contribution in [0.4, 0.5) is 4.39 Å². The van der Waals surface area contributed by atoms with Gasteiger partial charge in [0.1, 0.15) is 11.9 Å². The van der Waals surface area contributed by atoms with Gasteiger partial charge in [0.2, 0.25) is 11.8 Å². The van der Waals surface area contributed by atoms with Crippen LogP contribution < -0.4 is 5.32 Å². The zero-order valence-corrected chi connectivity index (χ0v) is 17.8. The van der Waals surface area contributed by atoms with Crippen molar-refractivity contribution in [3.8, 4) is 22.5 Å². The Balaban J connectivity index is 1.51. The standard InChI is InChI=1S/C23H18ClFN4O3/c1-28-11-26-20(21(28)16-5-3-14(24)9-17(16)25)12-2-4-15-13(8-12)10-29(23(15)32)18-6-7-19(30)27-22(18)31/h2-5,8-9,11,18H,6-7,10H2,1H3,(H,27,30,31). The first-order chi connectivity index (χ1) is 15.3. The second-order valence-electron chi connectivity index (χ2n) is 7.95. The maximum Gasteiger partial charge on any atom is 0.255 e. The van der Waals surface area contributed by atoms with E-state index in [2.05, 4.69) is 10.3 Å². The maximum atomic E-state index is 14.6. The lowest BCUT2D eigenvalue weighted by Crippen LogP contribution is -2.52. The number of carbonyl (C=O) groups is 3. The molecule has 1 unspecified atom stereocenters. The van der Waals surface area contributed by atoms with Crippen LogP contribution >= 0.6 is 11.6 Å². The Labute approximate surface area is 187 Å². The number of piperidine rings is 1. The molecule has 1 saturated heterocycles. The van der Waals surface area contributed by atoms with E-state index in [1.165, 1.54) is 11.0 Å². The summed E-state index contributed by atoms with van der Waals surface area (Å²) in [6.07, 6.45) is 2.11. The summed E-state index contributed by atoms with van der Waals surface area (Å²) in [4.78, 5) is 42.6. The Bertz CT molecular complexity index is 1300. The van der Waals surface area contributed by atoms with Crippen molar-refractivity contribution in [3.05, 3.63) is 64.7 Å². The van der Waals surface area contributed by atoms with Crippen molar-refractivity contribution >= 4 is 29.3 Å². The number of imide groups is 1. The molecule has 2 aromatic carbocycles. The van der Waals surface area contributed by atoms with E-state index in [1.54, 1.807) is 42.2 Å². The topological polar surface area (TPSA) is 84.3 Å². The highest BCUT2D eigenvalue weighted by atomic mass is 35.5. The van der Waals surface area contributed by atoms with E-state index in [9.17, 15) is 18.8 Å². The molecule has 162 valence electrons. The number of benzene rings is 2. The quantitative estimate of drug-likeness (QED) is 0.618. The van der Waals surface area contributed by atoms with E-state index >= 15 is 0 Å². The van der Waals surface area contributed by atoms with Gasteiger partial charge in [0, 0.05) is 41.7 Å². The number of hydrogen-bond acceptors (Lipinski definition) is 4. The minimum absolute atomic E-state index is 0.200. The monoisotopic (exact) mass is 452 g/mol. The molecule has 32 heavy (non-hydrogen) atoms. The summed E-state index contributed by atoms with van der Waals surface area (Å²) in [5, 5.41) is 2.60. The molecule has 5 rings (SSSR count). The molecule has 0 spiro atoms. The summed E-state index contributed by atoms with van der Waals surface area (Å²) >= 11 is 5.90. The molecule has 0 radical (unpaired) electrons. The minimum Gasteiger partial charge on any atom is -0.333 e. The molecule has 0 bridgehead atoms. The van der Waals surface area contributed by atoms with Crippen LogP contribution in [-0.2, 0) is 23.2 Å². The number of halogens is 2. The van der Waals surface area contributed by atoms with Gasteiger partial charge in [-0.2, -0.15) is 0 Å². The number of imidazole rings is 1. The molecule has 0 saturated carbocycles. The Kier molecular flexibility index (Phi) is 4.82. The Hall–Kier alpha value is -3.52. The van der Waals surface area contributed by atoms with Crippen LogP contribution in [0.1, 0.15) is 28.8 Å². The largest absolute Gasteiger partial charge is 0.333 e. The van der Waals surface area contributed by atoms with Gasteiger partial charge in [-0.25, -0.2) is 9.37 Å². The minimum atomic E-state index is -0.676. The highest BCUT2D eigenvalue weighted by Gasteiger charge is 2.39. The number of fused-ring (bicyclic) bond motifs is 1. The van der Waals surface area contributed by atoms with Crippen molar-refractivity contribution in [2.24, 2.45) is 7.05 Å². The van der Waals surface area contributed by atoms with E-state index in [0.717, 1.165) is 11.1 Å². The number of carbonyl (C=O) groups excluding carboxylic acids is 3. The molecule has 1 aromatic heterocycles. The number of amides is 3. The van der Waals surface area contributed by atoms with Gasteiger partial charge in [0.25, 0.3) is 5.91 Å². The number of nitrogens with zero attached hydrogens (tertiary/aromatic N) is 3. The number of rotatable bonds is 3. The summed E-state index contributed by atoms with van der Waals surface area (Å²) in [6.45, 7) is 0.256. The van der Waals surface area contributed by atoms with Crippen LogP contribution in [0, 0.1) is 5.82 Å². The van der Waals surface area contributed by atoms with Crippen molar-refractivity contribution < 1.29 is 18.8 Å². The Morgan fingerprint density at radius 1 is 1.12 bits per heavy atom. The predicted octanol–water partition coefficient (Wildman–Crippen LogP) is 3.31. The second kappa shape index (κ2) is 7.56. The lowest BCUT2D eigenvalue weighted by atomic mass is 10.0. The van der Waals surface area contributed by atoms with E-state index in [0.29, 0.717) is 34.0 Å². The smallest absolute Gasteiger partial charge is 0.255 e. The average molecular weight is 453 g/mol. The van der Waals surface area contributed by atoms with E-state index in [4.69, 9.17) is 11.6 Å². The zero-order valence-electron chi connectivity index (χ0n) is 17.1. The normalized spacial score (nSPS) is 18.2. The molecule has 1 fully saturated rings. The average Bonchev–Trinajstić information content (AvgIpc) is 3.28. The zero-order chi connectivity index (χ0) is 22.6. The van der Waals surface area contributed by atoms with Crippen LogP contribution in [-0.4, -0.2) is 38.2 Å². The van der Waals surface area contributed by atoms with Gasteiger partial charge in [-0.05, 0) is 42.3 Å². The van der Waals surface area contributed by atoms with Gasteiger partial charge in [-0.1, -0.05) is 17.7 Å². The first-order valence-electron chi connectivity index (χ1n) is 10.1. The SMILES string of the molecule is Cn1cnc(-c2ccc3c(c2)CN(C2CCC(=O)NC2=O)C3=O)c1-c1ccc(Cl)cc1F. The fourth-order valence-corrected chi connectivity index (χ4v) is 4.52. The van der Waals surface area contributed by atoms with Gasteiger partial charge < -0.3 is 9.47 Å². The van der Waals surface area contributed by atoms with Crippen molar-refractivity contribution in [3.63, 3.8) is 0 Å². The van der Waals surface area contributed by atoms with Crippen molar-refractivity contribution in [1.82, 2.24) is 19.8 Å². The van der Waals surface area contributed by atoms with Crippen molar-refractivity contribution in [2.75, 3.05) is 0 Å². The lowest BCUT2D eigenvalue weighted by molar-refractivity contribution is -0.136. The summed E-state index contributed by atoms with van der Waals surface area (Å²) in [7, 11) is 1.78. The maximum absolute atomic E-state index is 14.6. The van der Waals surface area contributed by atoms with Crippen LogP contribution in [0.5, 0.6) is 0 Å². The first kappa shape index (κ1) is 20.4. The molecule has 7 nitrogen and oxygen atoms in total. The lowest BCUT2D eigenvalue weighted by Gasteiger charge is -2.29. The van der Waals surface area contributed by atoms with Crippen LogP contribution in [0.2, 0.25) is 5.02 Å². The molecule has 1 atom stereocenters. The van der Waals surface area contributed by atoms with E-state index in [1.807, 2.05) is 6.07 Å². The fraction of sp³-hybridized carbons (Fsp3) is 0.217. The van der Waals surface area contributed by atoms with Crippen LogP contribution in [0.15, 0.2) is 42.7 Å². The molecular formula is C23H18ClFN4O3. The highest BCUT2D eigenvalue weighted by molar-refractivity contribution is 6.30. The molecule has 2 aliphatic heterocycles. The van der Waals surface area contributed by atoms with Crippen molar-refractivity contribution in [1.29, 1.82) is 0 Å². The summed E-state index contributed by atoms with van der Waals surface area (Å²) in [5.41, 5.74) is 3.52. The van der Waals surface area contributed by atoms with Gasteiger partial charge in [-0.3, -0.25) is 19.7 Å². The predicted molar refractivity (Wildman–Crippen MR) is 115 cm³/mol. The summed E-state index contributed by atoms with van der Waals surface area (Å²) in [6, 6.07) is 9.13. The van der Waals surface area contributed by atoms with Gasteiger partial charge in [-0.15, -0.1) is 0 Å². The highest BCUT2D eigenvalue weighted by Crippen LogP contribution is 2.36. The number of aromatic nitrogens is 2.